The maximum Gasteiger partial charge on any atom is 0.353 e. The molecule has 0 saturated carbocycles. The van der Waals surface area contributed by atoms with Crippen LogP contribution in [0.25, 0.3) is 0 Å². The molecule has 12 heteroatoms. The first-order valence-corrected chi connectivity index (χ1v) is 12.6. The predicted molar refractivity (Wildman–Crippen MR) is 144 cm³/mol. The summed E-state index contributed by atoms with van der Waals surface area (Å²) in [6.45, 7) is 0.257. The SMILES string of the molecule is CN(Cc1ccc(C(=O)Oc2ccc(C(=N)N)cc2)s1)C(Cc1ccccc1)C(=O)N[C@@H](CC(=O)O)C(=O)O. The number of ether oxygens (including phenoxy) is 1. The third-order valence-electron chi connectivity index (χ3n) is 5.74. The first kappa shape index (κ1) is 29.0. The van der Waals surface area contributed by atoms with Crippen molar-refractivity contribution in [2.75, 3.05) is 7.05 Å². The number of carboxylic acid groups (broad SMARTS) is 2. The van der Waals surface area contributed by atoms with E-state index in [1.54, 1.807) is 48.3 Å². The molecule has 3 aromatic rings. The highest BCUT2D eigenvalue weighted by Crippen LogP contribution is 2.22. The summed E-state index contributed by atoms with van der Waals surface area (Å²) in [5.41, 5.74) is 6.77. The van der Waals surface area contributed by atoms with Crippen molar-refractivity contribution in [3.05, 3.63) is 87.6 Å². The number of hydrogen-bond acceptors (Lipinski definition) is 8. The first-order chi connectivity index (χ1) is 18.5. The van der Waals surface area contributed by atoms with Crippen LogP contribution >= 0.6 is 11.3 Å². The lowest BCUT2D eigenvalue weighted by molar-refractivity contribution is -0.147. The van der Waals surface area contributed by atoms with E-state index in [0.717, 1.165) is 10.4 Å². The summed E-state index contributed by atoms with van der Waals surface area (Å²) < 4.78 is 5.39. The summed E-state index contributed by atoms with van der Waals surface area (Å²) in [6, 6.07) is 16.3. The fourth-order valence-corrected chi connectivity index (χ4v) is 4.66. The number of carbonyl (C=O) groups is 4. The molecule has 204 valence electrons. The molecular weight excluding hydrogens is 524 g/mol. The number of esters is 1. The number of likely N-dealkylation sites (N-methyl/N-ethyl adjacent to an activating group) is 1. The monoisotopic (exact) mass is 552 g/mol. The van der Waals surface area contributed by atoms with Crippen LogP contribution in [0.15, 0.2) is 66.7 Å². The topological polar surface area (TPSA) is 183 Å². The van der Waals surface area contributed by atoms with Gasteiger partial charge in [0, 0.05) is 17.0 Å². The summed E-state index contributed by atoms with van der Waals surface area (Å²) in [6.07, 6.45) is -0.504. The minimum atomic E-state index is -1.57. The predicted octanol–water partition coefficient (Wildman–Crippen LogP) is 2.34. The van der Waals surface area contributed by atoms with Gasteiger partial charge in [-0.3, -0.25) is 19.9 Å². The molecule has 0 bridgehead atoms. The van der Waals surface area contributed by atoms with Crippen LogP contribution in [0.4, 0.5) is 0 Å². The van der Waals surface area contributed by atoms with Crippen molar-refractivity contribution in [1.82, 2.24) is 10.2 Å². The van der Waals surface area contributed by atoms with Gasteiger partial charge in [0.05, 0.1) is 12.5 Å². The van der Waals surface area contributed by atoms with Gasteiger partial charge >= 0.3 is 17.9 Å². The zero-order valence-electron chi connectivity index (χ0n) is 21.0. The van der Waals surface area contributed by atoms with E-state index in [-0.39, 0.29) is 18.8 Å². The Labute approximate surface area is 228 Å². The molecule has 0 aliphatic carbocycles. The molecule has 0 saturated heterocycles. The number of nitrogens with zero attached hydrogens (tertiary/aromatic N) is 1. The minimum absolute atomic E-state index is 0.0977. The number of benzene rings is 2. The lowest BCUT2D eigenvalue weighted by Crippen LogP contribution is -2.51. The van der Waals surface area contributed by atoms with Gasteiger partial charge in [-0.1, -0.05) is 30.3 Å². The Morgan fingerprint density at radius 2 is 1.69 bits per heavy atom. The third-order valence-corrected chi connectivity index (χ3v) is 6.79. The number of hydrogen-bond donors (Lipinski definition) is 5. The van der Waals surface area contributed by atoms with E-state index in [9.17, 15) is 24.3 Å². The van der Waals surface area contributed by atoms with E-state index >= 15 is 0 Å². The molecule has 1 unspecified atom stereocenters. The number of rotatable bonds is 13. The summed E-state index contributed by atoms with van der Waals surface area (Å²) in [4.78, 5) is 51.2. The normalized spacial score (nSPS) is 12.4. The van der Waals surface area contributed by atoms with Gasteiger partial charge in [-0.2, -0.15) is 0 Å². The number of carbonyl (C=O) groups excluding carboxylic acids is 2. The van der Waals surface area contributed by atoms with Crippen LogP contribution < -0.4 is 15.8 Å². The van der Waals surface area contributed by atoms with Crippen molar-refractivity contribution >= 4 is 41.0 Å². The number of nitrogen functional groups attached to an aromatic ring is 1. The molecule has 0 spiro atoms. The minimum Gasteiger partial charge on any atom is -0.481 e. The molecule has 2 aromatic carbocycles. The van der Waals surface area contributed by atoms with Gasteiger partial charge in [-0.15, -0.1) is 11.3 Å². The second-order valence-corrected chi connectivity index (χ2v) is 9.88. The van der Waals surface area contributed by atoms with Gasteiger partial charge in [-0.05, 0) is 55.4 Å². The molecule has 2 atom stereocenters. The summed E-state index contributed by atoms with van der Waals surface area (Å²) in [5, 5.41) is 28.2. The summed E-state index contributed by atoms with van der Waals surface area (Å²) in [7, 11) is 1.69. The van der Waals surface area contributed by atoms with Crippen LogP contribution in [0.1, 0.15) is 32.1 Å². The van der Waals surface area contributed by atoms with Gasteiger partial charge < -0.3 is 26.0 Å². The Bertz CT molecular complexity index is 1340. The number of amides is 1. The fourth-order valence-electron chi connectivity index (χ4n) is 3.72. The number of thiophene rings is 1. The highest BCUT2D eigenvalue weighted by atomic mass is 32.1. The number of nitrogens with two attached hydrogens (primary N) is 1. The molecule has 0 aliphatic heterocycles. The zero-order chi connectivity index (χ0) is 28.5. The molecule has 11 nitrogen and oxygen atoms in total. The van der Waals surface area contributed by atoms with Crippen LogP contribution in [0.3, 0.4) is 0 Å². The lowest BCUT2D eigenvalue weighted by Gasteiger charge is -2.28. The average Bonchev–Trinajstić information content (AvgIpc) is 3.36. The number of carboxylic acids is 2. The van der Waals surface area contributed by atoms with E-state index in [2.05, 4.69) is 5.32 Å². The maximum atomic E-state index is 13.2. The highest BCUT2D eigenvalue weighted by molar-refractivity contribution is 7.13. The first-order valence-electron chi connectivity index (χ1n) is 11.8. The van der Waals surface area contributed by atoms with Crippen LogP contribution in [-0.4, -0.2) is 63.9 Å². The molecule has 39 heavy (non-hydrogen) atoms. The second-order valence-electron chi connectivity index (χ2n) is 8.71. The second kappa shape index (κ2) is 13.3. The van der Waals surface area contributed by atoms with E-state index in [1.807, 2.05) is 30.3 Å². The van der Waals surface area contributed by atoms with E-state index in [1.165, 1.54) is 11.3 Å². The standard InChI is InChI=1S/C27H28N4O7S/c1-31(15-19-11-12-22(39-19)27(37)38-18-9-7-17(8-10-18)24(28)29)21(13-16-5-3-2-4-6-16)25(34)30-20(26(35)36)14-23(32)33/h2-12,20-21H,13-15H2,1H3,(H3,28,29)(H,30,34)(H,32,33)(H,35,36)/t20-,21?/m0/s1. The van der Waals surface area contributed by atoms with Crippen LogP contribution in [-0.2, 0) is 27.3 Å². The molecular formula is C27H28N4O7S. The molecule has 6 N–H and O–H groups in total. The van der Waals surface area contributed by atoms with E-state index in [4.69, 9.17) is 21.0 Å². The molecule has 3 rings (SSSR count). The average molecular weight is 553 g/mol. The van der Waals surface area contributed by atoms with Crippen molar-refractivity contribution < 1.29 is 34.1 Å². The molecule has 1 aromatic heterocycles. The Kier molecular flexibility index (Phi) is 9.90. The Hall–Kier alpha value is -4.55. The van der Waals surface area contributed by atoms with E-state index < -0.39 is 42.3 Å². The van der Waals surface area contributed by atoms with Gasteiger partial charge in [0.15, 0.2) is 0 Å². The van der Waals surface area contributed by atoms with E-state index in [0.29, 0.717) is 16.2 Å². The van der Waals surface area contributed by atoms with Crippen LogP contribution in [0.2, 0.25) is 0 Å². The highest BCUT2D eigenvalue weighted by Gasteiger charge is 2.30. The van der Waals surface area contributed by atoms with Crippen molar-refractivity contribution in [2.45, 2.75) is 31.5 Å². The number of amidine groups is 1. The zero-order valence-corrected chi connectivity index (χ0v) is 21.8. The summed E-state index contributed by atoms with van der Waals surface area (Å²) in [5.74, 6) is -3.78. The molecule has 0 aliphatic rings. The number of nitrogens with one attached hydrogen (secondary N) is 2. The van der Waals surface area contributed by atoms with Crippen molar-refractivity contribution in [3.63, 3.8) is 0 Å². The van der Waals surface area contributed by atoms with Gasteiger partial charge in [-0.25, -0.2) is 9.59 Å². The maximum absolute atomic E-state index is 13.2. The molecule has 1 heterocycles. The smallest absolute Gasteiger partial charge is 0.353 e. The van der Waals surface area contributed by atoms with Gasteiger partial charge in [0.1, 0.15) is 22.5 Å². The lowest BCUT2D eigenvalue weighted by atomic mass is 10.0. The Balaban J connectivity index is 1.72. The van der Waals surface area contributed by atoms with Gasteiger partial charge in [0.2, 0.25) is 5.91 Å². The molecule has 0 fully saturated rings. The largest absolute Gasteiger partial charge is 0.481 e. The quantitative estimate of drug-likeness (QED) is 0.0919. The Morgan fingerprint density at radius 1 is 1.03 bits per heavy atom. The van der Waals surface area contributed by atoms with Crippen molar-refractivity contribution in [1.29, 1.82) is 5.41 Å². The summed E-state index contributed by atoms with van der Waals surface area (Å²) >= 11 is 1.19. The van der Waals surface area contributed by atoms with Crippen LogP contribution in [0.5, 0.6) is 5.75 Å². The fraction of sp³-hybridized carbons (Fsp3) is 0.222. The van der Waals surface area contributed by atoms with Gasteiger partial charge in [0.25, 0.3) is 0 Å². The number of aliphatic carboxylic acids is 2. The third kappa shape index (κ3) is 8.48. The molecule has 0 radical (unpaired) electrons. The van der Waals surface area contributed by atoms with Crippen molar-refractivity contribution in [3.8, 4) is 5.75 Å². The van der Waals surface area contributed by atoms with Crippen LogP contribution in [0, 0.1) is 5.41 Å². The Morgan fingerprint density at radius 3 is 2.28 bits per heavy atom. The van der Waals surface area contributed by atoms with Crippen molar-refractivity contribution in [2.24, 2.45) is 5.73 Å². The molecule has 1 amide bonds.